The van der Waals surface area contributed by atoms with Crippen LogP contribution in [0.25, 0.3) is 22.2 Å². The van der Waals surface area contributed by atoms with Gasteiger partial charge in [-0.3, -0.25) is 0 Å². The molecule has 1 aliphatic rings. The van der Waals surface area contributed by atoms with E-state index in [1.54, 1.807) is 7.11 Å². The Hall–Kier alpha value is -3.58. The van der Waals surface area contributed by atoms with Gasteiger partial charge in [0.2, 0.25) is 5.82 Å². The van der Waals surface area contributed by atoms with Crippen molar-refractivity contribution in [2.75, 3.05) is 45.2 Å². The van der Waals surface area contributed by atoms with Gasteiger partial charge in [-0.1, -0.05) is 35.5 Å². The van der Waals surface area contributed by atoms with Crippen LogP contribution in [0.5, 0.6) is 11.5 Å². The Kier molecular flexibility index (Phi) is 5.64. The lowest BCUT2D eigenvalue weighted by Gasteiger charge is -2.34. The number of aromatic nitrogens is 2. The molecule has 0 radical (unpaired) electrons. The van der Waals surface area contributed by atoms with Crippen LogP contribution >= 0.6 is 0 Å². The van der Waals surface area contributed by atoms with Gasteiger partial charge in [-0.05, 0) is 42.8 Å². The lowest BCUT2D eigenvalue weighted by Crippen LogP contribution is -2.44. The molecule has 0 spiro atoms. The number of rotatable bonds is 6. The summed E-state index contributed by atoms with van der Waals surface area (Å²) in [4.78, 5) is 9.28. The zero-order valence-electron chi connectivity index (χ0n) is 18.3. The number of anilines is 1. The Balaban J connectivity index is 1.34. The number of methoxy groups -OCH3 is 1. The second-order valence-corrected chi connectivity index (χ2v) is 7.96. The van der Waals surface area contributed by atoms with E-state index in [0.717, 1.165) is 37.5 Å². The Bertz CT molecular complexity index is 1210. The van der Waals surface area contributed by atoms with Gasteiger partial charge in [-0.25, -0.2) is 0 Å². The van der Waals surface area contributed by atoms with E-state index in [2.05, 4.69) is 57.3 Å². The monoisotopic (exact) mass is 430 g/mol. The zero-order chi connectivity index (χ0) is 21.9. The molecule has 4 aromatic rings. The Morgan fingerprint density at radius 2 is 1.81 bits per heavy atom. The summed E-state index contributed by atoms with van der Waals surface area (Å²) in [5.74, 6) is 2.37. The van der Waals surface area contributed by atoms with E-state index in [1.807, 2.05) is 30.3 Å². The van der Waals surface area contributed by atoms with Crippen LogP contribution in [0.3, 0.4) is 0 Å². The average molecular weight is 431 g/mol. The lowest BCUT2D eigenvalue weighted by molar-refractivity contribution is 0.287. The van der Waals surface area contributed by atoms with Crippen LogP contribution < -0.4 is 14.4 Å². The predicted octanol–water partition coefficient (Wildman–Crippen LogP) is 4.23. The number of nitrogens with zero attached hydrogens (tertiary/aromatic N) is 4. The summed E-state index contributed by atoms with van der Waals surface area (Å²) < 4.78 is 16.8. The van der Waals surface area contributed by atoms with Crippen molar-refractivity contribution in [1.29, 1.82) is 0 Å². The smallest absolute Gasteiger partial charge is 0.261 e. The van der Waals surface area contributed by atoms with E-state index in [0.29, 0.717) is 17.5 Å². The first kappa shape index (κ1) is 20.3. The molecule has 1 saturated heterocycles. The van der Waals surface area contributed by atoms with Crippen LogP contribution in [-0.4, -0.2) is 55.4 Å². The van der Waals surface area contributed by atoms with Gasteiger partial charge < -0.3 is 23.8 Å². The molecule has 0 N–H and O–H groups in total. The second-order valence-electron chi connectivity index (χ2n) is 7.96. The van der Waals surface area contributed by atoms with Gasteiger partial charge in [0.15, 0.2) is 6.61 Å². The number of hydrogen-bond acceptors (Lipinski definition) is 7. The topological polar surface area (TPSA) is 63.9 Å². The van der Waals surface area contributed by atoms with Crippen molar-refractivity contribution in [1.82, 2.24) is 15.0 Å². The first-order valence-corrected chi connectivity index (χ1v) is 10.8. The molecule has 3 aromatic carbocycles. The van der Waals surface area contributed by atoms with Crippen molar-refractivity contribution in [2.24, 2.45) is 0 Å². The number of hydrogen-bond donors (Lipinski definition) is 0. The van der Waals surface area contributed by atoms with Gasteiger partial charge in [-0.15, -0.1) is 0 Å². The van der Waals surface area contributed by atoms with Crippen LogP contribution in [0.15, 0.2) is 65.2 Å². The summed E-state index contributed by atoms with van der Waals surface area (Å²) in [6, 6.07) is 20.2. The lowest BCUT2D eigenvalue weighted by atomic mass is 10.1. The fraction of sp³-hybridized carbons (Fsp3) is 0.280. The van der Waals surface area contributed by atoms with Crippen molar-refractivity contribution in [3.8, 4) is 23.0 Å². The maximum Gasteiger partial charge on any atom is 0.261 e. The van der Waals surface area contributed by atoms with E-state index in [9.17, 15) is 0 Å². The molecule has 1 aliphatic heterocycles. The highest BCUT2D eigenvalue weighted by Crippen LogP contribution is 2.31. The molecule has 5 rings (SSSR count). The molecular formula is C25H26N4O3. The second kappa shape index (κ2) is 8.88. The van der Waals surface area contributed by atoms with Crippen molar-refractivity contribution in [3.63, 3.8) is 0 Å². The molecule has 0 unspecified atom stereocenters. The highest BCUT2D eigenvalue weighted by atomic mass is 16.5. The number of benzene rings is 3. The fourth-order valence-corrected chi connectivity index (χ4v) is 4.04. The number of fused-ring (bicyclic) bond motifs is 1. The minimum Gasteiger partial charge on any atom is -0.496 e. The summed E-state index contributed by atoms with van der Waals surface area (Å²) in [6.45, 7) is 4.41. The first-order valence-electron chi connectivity index (χ1n) is 10.8. The maximum absolute atomic E-state index is 6.02. The molecule has 7 nitrogen and oxygen atoms in total. The highest BCUT2D eigenvalue weighted by Gasteiger charge is 2.17. The largest absolute Gasteiger partial charge is 0.496 e. The van der Waals surface area contributed by atoms with Crippen LogP contribution in [0.1, 0.15) is 5.82 Å². The van der Waals surface area contributed by atoms with E-state index >= 15 is 0 Å². The zero-order valence-corrected chi connectivity index (χ0v) is 18.3. The summed E-state index contributed by atoms with van der Waals surface area (Å²) in [7, 11) is 3.79. The first-order chi connectivity index (χ1) is 15.7. The van der Waals surface area contributed by atoms with Gasteiger partial charge >= 0.3 is 0 Å². The molecule has 164 valence electrons. The van der Waals surface area contributed by atoms with Crippen LogP contribution in [-0.2, 0) is 6.61 Å². The third kappa shape index (κ3) is 4.11. The SMILES string of the molecule is COc1ccccc1-c1nc(COc2ccc3cccc(N4CCN(C)CC4)c3c2)no1. The highest BCUT2D eigenvalue weighted by molar-refractivity contribution is 5.95. The predicted molar refractivity (Wildman–Crippen MR) is 124 cm³/mol. The van der Waals surface area contributed by atoms with E-state index in [4.69, 9.17) is 14.0 Å². The van der Waals surface area contributed by atoms with Crippen molar-refractivity contribution in [3.05, 3.63) is 66.5 Å². The van der Waals surface area contributed by atoms with Gasteiger partial charge in [0.25, 0.3) is 5.89 Å². The molecule has 1 aromatic heterocycles. The maximum atomic E-state index is 6.02. The van der Waals surface area contributed by atoms with E-state index in [1.165, 1.54) is 16.5 Å². The molecule has 0 bridgehead atoms. The molecule has 7 heteroatoms. The summed E-state index contributed by atoms with van der Waals surface area (Å²) >= 11 is 0. The van der Waals surface area contributed by atoms with Gasteiger partial charge in [0, 0.05) is 37.3 Å². The van der Waals surface area contributed by atoms with Crippen LogP contribution in [0, 0.1) is 0 Å². The van der Waals surface area contributed by atoms with Gasteiger partial charge in [-0.2, -0.15) is 4.98 Å². The Morgan fingerprint density at radius 3 is 2.66 bits per heavy atom. The molecular weight excluding hydrogens is 404 g/mol. The quantitative estimate of drug-likeness (QED) is 0.454. The van der Waals surface area contributed by atoms with Gasteiger partial charge in [0.1, 0.15) is 11.5 Å². The summed E-state index contributed by atoms with van der Waals surface area (Å²) in [5, 5.41) is 6.46. The Labute approximate surface area is 187 Å². The Morgan fingerprint density at radius 1 is 0.969 bits per heavy atom. The molecule has 0 aliphatic carbocycles. The molecule has 2 heterocycles. The van der Waals surface area contributed by atoms with E-state index < -0.39 is 0 Å². The molecule has 1 fully saturated rings. The van der Waals surface area contributed by atoms with Crippen LogP contribution in [0.4, 0.5) is 5.69 Å². The third-order valence-corrected chi connectivity index (χ3v) is 5.85. The van der Waals surface area contributed by atoms with Crippen molar-refractivity contribution in [2.45, 2.75) is 6.61 Å². The van der Waals surface area contributed by atoms with Gasteiger partial charge in [0.05, 0.1) is 12.7 Å². The normalized spacial score (nSPS) is 14.6. The number of likely N-dealkylation sites (N-methyl/N-ethyl adjacent to an activating group) is 1. The number of ether oxygens (including phenoxy) is 2. The van der Waals surface area contributed by atoms with Crippen molar-refractivity contribution >= 4 is 16.5 Å². The average Bonchev–Trinajstić information content (AvgIpc) is 3.32. The molecule has 32 heavy (non-hydrogen) atoms. The molecule has 0 saturated carbocycles. The summed E-state index contributed by atoms with van der Waals surface area (Å²) in [6.07, 6.45) is 0. The van der Waals surface area contributed by atoms with Crippen LogP contribution in [0.2, 0.25) is 0 Å². The number of para-hydroxylation sites is 1. The standard InChI is InChI=1S/C25H26N4O3/c1-28-12-14-29(15-13-28)22-8-5-6-18-10-11-19(16-21(18)22)31-17-24-26-25(32-27-24)20-7-3-4-9-23(20)30-2/h3-11,16H,12-15,17H2,1-2H3. The van der Waals surface area contributed by atoms with E-state index in [-0.39, 0.29) is 6.61 Å². The third-order valence-electron chi connectivity index (χ3n) is 5.85. The van der Waals surface area contributed by atoms with Crippen molar-refractivity contribution < 1.29 is 14.0 Å². The fourth-order valence-electron chi connectivity index (χ4n) is 4.04. The summed E-state index contributed by atoms with van der Waals surface area (Å²) in [5.41, 5.74) is 2.01. The minimum atomic E-state index is 0.223. The molecule has 0 amide bonds. The number of piperazine rings is 1. The molecule has 0 atom stereocenters. The minimum absolute atomic E-state index is 0.223.